The SMILES string of the molecule is CC(C)c1cc(Br)ccc1Oc1cccc(Br)c1CN. The van der Waals surface area contributed by atoms with Gasteiger partial charge >= 0.3 is 0 Å². The zero-order valence-corrected chi connectivity index (χ0v) is 14.7. The number of rotatable bonds is 4. The van der Waals surface area contributed by atoms with E-state index < -0.39 is 0 Å². The minimum atomic E-state index is 0.385. The quantitative estimate of drug-likeness (QED) is 0.728. The molecule has 0 amide bonds. The number of ether oxygens (including phenoxy) is 1. The zero-order chi connectivity index (χ0) is 14.7. The Balaban J connectivity index is 2.42. The van der Waals surface area contributed by atoms with Crippen LogP contribution in [0.2, 0.25) is 0 Å². The molecule has 20 heavy (non-hydrogen) atoms. The fourth-order valence-electron chi connectivity index (χ4n) is 2.01. The molecule has 0 heterocycles. The highest BCUT2D eigenvalue weighted by atomic mass is 79.9. The third-order valence-electron chi connectivity index (χ3n) is 3.09. The van der Waals surface area contributed by atoms with Crippen molar-refractivity contribution < 1.29 is 4.74 Å². The van der Waals surface area contributed by atoms with Crippen molar-refractivity contribution in [3.05, 3.63) is 56.5 Å². The van der Waals surface area contributed by atoms with Gasteiger partial charge in [-0.1, -0.05) is 51.8 Å². The average molecular weight is 399 g/mol. The molecule has 0 atom stereocenters. The van der Waals surface area contributed by atoms with Crippen LogP contribution in [0, 0.1) is 0 Å². The molecule has 2 aromatic carbocycles. The molecule has 0 unspecified atom stereocenters. The molecule has 2 N–H and O–H groups in total. The first kappa shape index (κ1) is 15.5. The Morgan fingerprint density at radius 2 is 1.85 bits per heavy atom. The predicted molar refractivity (Wildman–Crippen MR) is 90.3 cm³/mol. The molecule has 0 aliphatic heterocycles. The van der Waals surface area contributed by atoms with Crippen LogP contribution in [0.1, 0.15) is 30.9 Å². The third-order valence-corrected chi connectivity index (χ3v) is 4.33. The van der Waals surface area contributed by atoms with Crippen LogP contribution < -0.4 is 10.5 Å². The van der Waals surface area contributed by atoms with Gasteiger partial charge in [-0.05, 0) is 41.8 Å². The molecule has 0 fully saturated rings. The van der Waals surface area contributed by atoms with E-state index in [1.807, 2.05) is 30.3 Å². The Hall–Kier alpha value is -0.840. The summed E-state index contributed by atoms with van der Waals surface area (Å²) in [4.78, 5) is 0. The van der Waals surface area contributed by atoms with Crippen molar-refractivity contribution in [2.24, 2.45) is 5.73 Å². The Morgan fingerprint density at radius 1 is 1.10 bits per heavy atom. The van der Waals surface area contributed by atoms with Gasteiger partial charge in [-0.3, -0.25) is 0 Å². The topological polar surface area (TPSA) is 35.2 Å². The molecule has 0 aliphatic carbocycles. The summed E-state index contributed by atoms with van der Waals surface area (Å²) in [5.74, 6) is 2.05. The maximum atomic E-state index is 6.10. The van der Waals surface area contributed by atoms with Crippen LogP contribution >= 0.6 is 31.9 Å². The molecule has 2 aromatic rings. The molecule has 0 spiro atoms. The van der Waals surface area contributed by atoms with E-state index in [4.69, 9.17) is 10.5 Å². The highest BCUT2D eigenvalue weighted by Gasteiger charge is 2.12. The zero-order valence-electron chi connectivity index (χ0n) is 11.5. The fourth-order valence-corrected chi connectivity index (χ4v) is 2.90. The second-order valence-corrected chi connectivity index (χ2v) is 6.63. The lowest BCUT2D eigenvalue weighted by Gasteiger charge is -2.16. The Bertz CT molecular complexity index is 611. The van der Waals surface area contributed by atoms with Crippen LogP contribution in [-0.4, -0.2) is 0 Å². The Morgan fingerprint density at radius 3 is 2.50 bits per heavy atom. The first-order valence-corrected chi connectivity index (χ1v) is 8.06. The number of hydrogen-bond acceptors (Lipinski definition) is 2. The number of benzene rings is 2. The normalized spacial score (nSPS) is 10.9. The molecular weight excluding hydrogens is 382 g/mol. The van der Waals surface area contributed by atoms with Crippen molar-refractivity contribution in [1.82, 2.24) is 0 Å². The number of halogens is 2. The summed E-state index contributed by atoms with van der Waals surface area (Å²) in [5, 5.41) is 0. The van der Waals surface area contributed by atoms with E-state index in [1.54, 1.807) is 0 Å². The first-order chi connectivity index (χ1) is 9.52. The van der Waals surface area contributed by atoms with Crippen LogP contribution in [0.3, 0.4) is 0 Å². The molecule has 0 saturated heterocycles. The smallest absolute Gasteiger partial charge is 0.133 e. The molecule has 2 rings (SSSR count). The van der Waals surface area contributed by atoms with E-state index in [9.17, 15) is 0 Å². The van der Waals surface area contributed by atoms with Gasteiger partial charge < -0.3 is 10.5 Å². The molecule has 0 saturated carbocycles. The Labute approximate surface area is 136 Å². The largest absolute Gasteiger partial charge is 0.457 e. The minimum Gasteiger partial charge on any atom is -0.457 e. The molecule has 4 heteroatoms. The summed E-state index contributed by atoms with van der Waals surface area (Å²) >= 11 is 7.02. The van der Waals surface area contributed by atoms with Crippen molar-refractivity contribution >= 4 is 31.9 Å². The maximum Gasteiger partial charge on any atom is 0.133 e. The summed E-state index contributed by atoms with van der Waals surface area (Å²) < 4.78 is 8.13. The average Bonchev–Trinajstić information content (AvgIpc) is 2.41. The predicted octanol–water partition coefficient (Wildman–Crippen LogP) is 5.59. The second kappa shape index (κ2) is 6.74. The van der Waals surface area contributed by atoms with Crippen molar-refractivity contribution in [1.29, 1.82) is 0 Å². The first-order valence-electron chi connectivity index (χ1n) is 6.47. The lowest BCUT2D eigenvalue weighted by atomic mass is 10.0. The molecular formula is C16H17Br2NO. The van der Waals surface area contributed by atoms with Crippen molar-refractivity contribution in [2.75, 3.05) is 0 Å². The van der Waals surface area contributed by atoms with Crippen molar-refractivity contribution in [3.63, 3.8) is 0 Å². The van der Waals surface area contributed by atoms with Gasteiger partial charge in [0.25, 0.3) is 0 Å². The van der Waals surface area contributed by atoms with Crippen molar-refractivity contribution in [3.8, 4) is 11.5 Å². The van der Waals surface area contributed by atoms with Gasteiger partial charge in [-0.15, -0.1) is 0 Å². The molecule has 2 nitrogen and oxygen atoms in total. The van der Waals surface area contributed by atoms with Gasteiger partial charge in [0, 0.05) is 21.1 Å². The number of hydrogen-bond donors (Lipinski definition) is 1. The van der Waals surface area contributed by atoms with E-state index in [-0.39, 0.29) is 0 Å². The summed E-state index contributed by atoms with van der Waals surface area (Å²) in [7, 11) is 0. The van der Waals surface area contributed by atoms with Crippen molar-refractivity contribution in [2.45, 2.75) is 26.3 Å². The fraction of sp³-hybridized carbons (Fsp3) is 0.250. The molecule has 0 bridgehead atoms. The summed E-state index contributed by atoms with van der Waals surface area (Å²) in [6.07, 6.45) is 0. The van der Waals surface area contributed by atoms with Gasteiger partial charge in [0.1, 0.15) is 11.5 Å². The summed E-state index contributed by atoms with van der Waals surface area (Å²) in [5.41, 5.74) is 7.96. The Kier molecular flexibility index (Phi) is 5.24. The molecule has 0 radical (unpaired) electrons. The van der Waals surface area contributed by atoms with Crippen LogP contribution in [-0.2, 0) is 6.54 Å². The summed E-state index contributed by atoms with van der Waals surface area (Å²) in [6.45, 7) is 4.74. The van der Waals surface area contributed by atoms with Crippen LogP contribution in [0.15, 0.2) is 45.3 Å². The highest BCUT2D eigenvalue weighted by molar-refractivity contribution is 9.10. The van der Waals surface area contributed by atoms with Crippen LogP contribution in [0.5, 0.6) is 11.5 Å². The van der Waals surface area contributed by atoms with Gasteiger partial charge in [0.15, 0.2) is 0 Å². The van der Waals surface area contributed by atoms with Gasteiger partial charge in [-0.2, -0.15) is 0 Å². The standard InChI is InChI=1S/C16H17Br2NO/c1-10(2)12-8-11(17)6-7-16(12)20-15-5-3-4-14(18)13(15)9-19/h3-8,10H,9,19H2,1-2H3. The van der Waals surface area contributed by atoms with E-state index in [2.05, 4.69) is 51.8 Å². The van der Waals surface area contributed by atoms with Crippen LogP contribution in [0.4, 0.5) is 0 Å². The minimum absolute atomic E-state index is 0.385. The van der Waals surface area contributed by atoms with E-state index >= 15 is 0 Å². The monoisotopic (exact) mass is 397 g/mol. The van der Waals surface area contributed by atoms with Crippen LogP contribution in [0.25, 0.3) is 0 Å². The van der Waals surface area contributed by atoms with Gasteiger partial charge in [0.2, 0.25) is 0 Å². The number of nitrogens with two attached hydrogens (primary N) is 1. The molecule has 106 valence electrons. The third kappa shape index (κ3) is 3.43. The second-order valence-electron chi connectivity index (χ2n) is 4.86. The molecule has 0 aliphatic rings. The lowest BCUT2D eigenvalue weighted by Crippen LogP contribution is -2.02. The van der Waals surface area contributed by atoms with E-state index in [1.165, 1.54) is 5.56 Å². The van der Waals surface area contributed by atoms with E-state index in [0.717, 1.165) is 26.0 Å². The van der Waals surface area contributed by atoms with Gasteiger partial charge in [-0.25, -0.2) is 0 Å². The molecule has 0 aromatic heterocycles. The van der Waals surface area contributed by atoms with Gasteiger partial charge in [0.05, 0.1) is 0 Å². The highest BCUT2D eigenvalue weighted by Crippen LogP contribution is 2.35. The lowest BCUT2D eigenvalue weighted by molar-refractivity contribution is 0.466. The maximum absolute atomic E-state index is 6.10. The van der Waals surface area contributed by atoms with E-state index in [0.29, 0.717) is 12.5 Å². The summed E-state index contributed by atoms with van der Waals surface area (Å²) in [6, 6.07) is 11.9.